The Morgan fingerprint density at radius 1 is 1.29 bits per heavy atom. The van der Waals surface area contributed by atoms with Gasteiger partial charge >= 0.3 is 0 Å². The van der Waals surface area contributed by atoms with Gasteiger partial charge in [0.25, 0.3) is 0 Å². The van der Waals surface area contributed by atoms with Crippen LogP contribution in [0, 0.1) is 0 Å². The van der Waals surface area contributed by atoms with Crippen LogP contribution in [0.3, 0.4) is 0 Å². The second-order valence-electron chi connectivity index (χ2n) is 3.50. The van der Waals surface area contributed by atoms with Gasteiger partial charge in [0.05, 0.1) is 0 Å². The van der Waals surface area contributed by atoms with Crippen molar-refractivity contribution in [3.8, 4) is 0 Å². The van der Waals surface area contributed by atoms with Gasteiger partial charge < -0.3 is 0 Å². The van der Waals surface area contributed by atoms with Crippen molar-refractivity contribution in [1.82, 2.24) is 0 Å². The van der Waals surface area contributed by atoms with Gasteiger partial charge in [0, 0.05) is 6.42 Å². The van der Waals surface area contributed by atoms with Crippen molar-refractivity contribution in [2.24, 2.45) is 0 Å². The molecule has 0 atom stereocenters. The van der Waals surface area contributed by atoms with Crippen LogP contribution in [-0.4, -0.2) is 6.43 Å². The Balaban J connectivity index is 2.85. The van der Waals surface area contributed by atoms with E-state index in [0.717, 1.165) is 16.7 Å². The highest BCUT2D eigenvalue weighted by molar-refractivity contribution is 5.30. The van der Waals surface area contributed by atoms with Gasteiger partial charge in [0.2, 0.25) is 6.43 Å². The zero-order chi connectivity index (χ0) is 10.6. The first-order chi connectivity index (χ1) is 6.59. The van der Waals surface area contributed by atoms with Crippen molar-refractivity contribution in [2.75, 3.05) is 0 Å². The van der Waals surface area contributed by atoms with E-state index in [-0.39, 0.29) is 6.42 Å². The first-order valence-corrected chi connectivity index (χ1v) is 4.59. The molecule has 0 aliphatic carbocycles. The molecule has 0 heterocycles. The highest BCUT2D eigenvalue weighted by Gasteiger charge is 2.08. The molecule has 1 aromatic carbocycles. The second-order valence-corrected chi connectivity index (χ2v) is 3.50. The first kappa shape index (κ1) is 10.9. The highest BCUT2D eigenvalue weighted by atomic mass is 19.3. The number of hydrogen-bond acceptors (Lipinski definition) is 0. The molecule has 1 rings (SSSR count). The molecule has 0 spiro atoms. The van der Waals surface area contributed by atoms with Crippen molar-refractivity contribution >= 4 is 0 Å². The number of hydrogen-bond donors (Lipinski definition) is 0. The molecule has 0 aromatic heterocycles. The molecule has 0 fully saturated rings. The number of halogens is 2. The Labute approximate surface area is 83.3 Å². The summed E-state index contributed by atoms with van der Waals surface area (Å²) in [7, 11) is 0. The molecule has 14 heavy (non-hydrogen) atoms. The molecule has 0 unspecified atom stereocenters. The topological polar surface area (TPSA) is 0 Å². The van der Waals surface area contributed by atoms with Gasteiger partial charge in [-0.1, -0.05) is 36.4 Å². The van der Waals surface area contributed by atoms with Gasteiger partial charge in [-0.25, -0.2) is 8.78 Å². The van der Waals surface area contributed by atoms with Crippen molar-refractivity contribution in [3.63, 3.8) is 0 Å². The van der Waals surface area contributed by atoms with Crippen LogP contribution in [0.25, 0.3) is 0 Å². The summed E-state index contributed by atoms with van der Waals surface area (Å²) in [6.07, 6.45) is -1.76. The van der Waals surface area contributed by atoms with Gasteiger partial charge in [-0.3, -0.25) is 0 Å². The lowest BCUT2D eigenvalue weighted by Crippen LogP contribution is -2.01. The lowest BCUT2D eigenvalue weighted by atomic mass is 9.99. The molecule has 0 aliphatic rings. The van der Waals surface area contributed by atoms with E-state index in [4.69, 9.17) is 0 Å². The fraction of sp³-hybridized carbons (Fsp3) is 0.333. The van der Waals surface area contributed by atoms with E-state index in [1.54, 1.807) is 12.1 Å². The fourth-order valence-electron chi connectivity index (χ4n) is 1.42. The minimum atomic E-state index is -2.28. The minimum Gasteiger partial charge on any atom is -0.210 e. The van der Waals surface area contributed by atoms with Crippen molar-refractivity contribution < 1.29 is 8.78 Å². The molecule has 0 saturated heterocycles. The summed E-state index contributed by atoms with van der Waals surface area (Å²) in [5.74, 6) is 0. The molecule has 0 nitrogen and oxygen atoms in total. The Morgan fingerprint density at radius 3 is 2.36 bits per heavy atom. The van der Waals surface area contributed by atoms with Crippen LogP contribution in [0.1, 0.15) is 18.1 Å². The summed E-state index contributed by atoms with van der Waals surface area (Å²) in [4.78, 5) is 0. The molecular formula is C12H14F2. The van der Waals surface area contributed by atoms with Crippen LogP contribution in [0.5, 0.6) is 0 Å². The molecule has 0 amide bonds. The van der Waals surface area contributed by atoms with E-state index in [0.29, 0.717) is 6.42 Å². The average molecular weight is 196 g/mol. The Kier molecular flexibility index (Phi) is 3.81. The van der Waals surface area contributed by atoms with Gasteiger partial charge in [0.1, 0.15) is 0 Å². The standard InChI is InChI=1S/C12H14F2/c1-9(2)7-10-5-3-4-6-11(10)8-12(13)14/h3-6,12H,1,7-8H2,2H3. The average Bonchev–Trinajstić information content (AvgIpc) is 2.06. The van der Waals surface area contributed by atoms with Crippen LogP contribution < -0.4 is 0 Å². The number of benzene rings is 1. The summed E-state index contributed by atoms with van der Waals surface area (Å²) in [5, 5.41) is 0. The van der Waals surface area contributed by atoms with E-state index >= 15 is 0 Å². The van der Waals surface area contributed by atoms with E-state index in [9.17, 15) is 8.78 Å². The van der Waals surface area contributed by atoms with E-state index in [2.05, 4.69) is 6.58 Å². The Hall–Kier alpha value is -1.18. The quantitative estimate of drug-likeness (QED) is 0.645. The van der Waals surface area contributed by atoms with Crippen LogP contribution in [0.2, 0.25) is 0 Å². The fourth-order valence-corrected chi connectivity index (χ4v) is 1.42. The molecule has 0 radical (unpaired) electrons. The number of rotatable bonds is 4. The molecule has 0 bridgehead atoms. The van der Waals surface area contributed by atoms with Crippen molar-refractivity contribution in [1.29, 1.82) is 0 Å². The second kappa shape index (κ2) is 4.89. The van der Waals surface area contributed by atoms with Crippen molar-refractivity contribution in [3.05, 3.63) is 47.5 Å². The molecule has 0 N–H and O–H groups in total. The number of allylic oxidation sites excluding steroid dienone is 1. The third-order valence-electron chi connectivity index (χ3n) is 1.98. The van der Waals surface area contributed by atoms with Crippen LogP contribution in [0.4, 0.5) is 8.78 Å². The Morgan fingerprint density at radius 2 is 1.86 bits per heavy atom. The Bertz CT molecular complexity index is 316. The SMILES string of the molecule is C=C(C)Cc1ccccc1CC(F)F. The van der Waals surface area contributed by atoms with E-state index in [1.165, 1.54) is 0 Å². The summed E-state index contributed by atoms with van der Waals surface area (Å²) < 4.78 is 24.4. The third-order valence-corrected chi connectivity index (χ3v) is 1.98. The predicted octanol–water partition coefficient (Wildman–Crippen LogP) is 3.61. The lowest BCUT2D eigenvalue weighted by molar-refractivity contribution is 0.149. The van der Waals surface area contributed by atoms with E-state index < -0.39 is 6.43 Å². The normalized spacial score (nSPS) is 10.6. The third kappa shape index (κ3) is 3.29. The molecule has 2 heteroatoms. The molecular weight excluding hydrogens is 182 g/mol. The van der Waals surface area contributed by atoms with E-state index in [1.807, 2.05) is 19.1 Å². The maximum atomic E-state index is 12.2. The monoisotopic (exact) mass is 196 g/mol. The maximum absolute atomic E-state index is 12.2. The molecule has 0 aliphatic heterocycles. The molecule has 76 valence electrons. The van der Waals surface area contributed by atoms with Crippen molar-refractivity contribution in [2.45, 2.75) is 26.2 Å². The molecule has 1 aromatic rings. The van der Waals surface area contributed by atoms with Crippen LogP contribution >= 0.6 is 0 Å². The van der Waals surface area contributed by atoms with Gasteiger partial charge in [-0.05, 0) is 24.5 Å². The summed E-state index contributed by atoms with van der Waals surface area (Å²) in [6.45, 7) is 5.69. The smallest absolute Gasteiger partial charge is 0.210 e. The largest absolute Gasteiger partial charge is 0.242 e. The van der Waals surface area contributed by atoms with Gasteiger partial charge in [0.15, 0.2) is 0 Å². The predicted molar refractivity (Wildman–Crippen MR) is 54.7 cm³/mol. The van der Waals surface area contributed by atoms with Crippen LogP contribution in [-0.2, 0) is 12.8 Å². The molecule has 0 saturated carbocycles. The summed E-state index contributed by atoms with van der Waals surface area (Å²) >= 11 is 0. The van der Waals surface area contributed by atoms with Gasteiger partial charge in [-0.2, -0.15) is 0 Å². The summed E-state index contributed by atoms with van der Waals surface area (Å²) in [6, 6.07) is 7.30. The first-order valence-electron chi connectivity index (χ1n) is 4.59. The lowest BCUT2D eigenvalue weighted by Gasteiger charge is -2.08. The zero-order valence-electron chi connectivity index (χ0n) is 8.26. The maximum Gasteiger partial charge on any atom is 0.242 e. The minimum absolute atomic E-state index is 0.163. The summed E-state index contributed by atoms with van der Waals surface area (Å²) in [5.41, 5.74) is 2.68. The zero-order valence-corrected chi connectivity index (χ0v) is 8.26. The highest BCUT2D eigenvalue weighted by Crippen LogP contribution is 2.16. The number of alkyl halides is 2. The van der Waals surface area contributed by atoms with Crippen LogP contribution in [0.15, 0.2) is 36.4 Å². The van der Waals surface area contributed by atoms with Gasteiger partial charge in [-0.15, -0.1) is 0 Å².